The number of aromatic nitrogens is 3. The second kappa shape index (κ2) is 5.07. The van der Waals surface area contributed by atoms with E-state index < -0.39 is 0 Å². The standard InChI is InChI=1S/C16H13N3O3/c20-16-18-17-15(19(16)12-4-2-1-3-5-12)9-11-6-7-13-14(8-11)22-10-21-13/h1-8H,9-10H2,(H,18,20). The number of fused-ring (bicyclic) bond motifs is 1. The Morgan fingerprint density at radius 1 is 1.09 bits per heavy atom. The summed E-state index contributed by atoms with van der Waals surface area (Å²) in [5.74, 6) is 2.11. The minimum atomic E-state index is -0.248. The third-order valence-corrected chi connectivity index (χ3v) is 3.56. The monoisotopic (exact) mass is 295 g/mol. The first-order valence-corrected chi connectivity index (χ1v) is 6.91. The maximum absolute atomic E-state index is 12.0. The Kier molecular flexibility index (Phi) is 2.93. The number of hydrogen-bond acceptors (Lipinski definition) is 4. The van der Waals surface area contributed by atoms with Crippen LogP contribution < -0.4 is 15.2 Å². The molecule has 0 amide bonds. The van der Waals surface area contributed by atoms with Crippen molar-refractivity contribution < 1.29 is 9.47 Å². The van der Waals surface area contributed by atoms with E-state index in [4.69, 9.17) is 9.47 Å². The summed E-state index contributed by atoms with van der Waals surface area (Å²) >= 11 is 0. The van der Waals surface area contributed by atoms with Crippen molar-refractivity contribution in [2.45, 2.75) is 6.42 Å². The Labute approximate surface area is 125 Å². The molecule has 110 valence electrons. The molecule has 0 saturated carbocycles. The van der Waals surface area contributed by atoms with E-state index in [1.54, 1.807) is 4.57 Å². The van der Waals surface area contributed by atoms with E-state index in [-0.39, 0.29) is 12.5 Å². The fourth-order valence-corrected chi connectivity index (χ4v) is 2.52. The second-order valence-corrected chi connectivity index (χ2v) is 4.98. The van der Waals surface area contributed by atoms with Crippen LogP contribution in [0.5, 0.6) is 11.5 Å². The van der Waals surface area contributed by atoms with Crippen LogP contribution in [-0.4, -0.2) is 21.6 Å². The van der Waals surface area contributed by atoms with Crippen LogP contribution in [0.25, 0.3) is 5.69 Å². The molecule has 1 aliphatic heterocycles. The zero-order valence-corrected chi connectivity index (χ0v) is 11.7. The predicted molar refractivity (Wildman–Crippen MR) is 79.6 cm³/mol. The zero-order valence-electron chi connectivity index (χ0n) is 11.7. The molecule has 0 bridgehead atoms. The highest BCUT2D eigenvalue weighted by atomic mass is 16.7. The van der Waals surface area contributed by atoms with Gasteiger partial charge in [-0.1, -0.05) is 24.3 Å². The second-order valence-electron chi connectivity index (χ2n) is 4.98. The van der Waals surface area contributed by atoms with Crippen molar-refractivity contribution in [3.63, 3.8) is 0 Å². The largest absolute Gasteiger partial charge is 0.454 e. The van der Waals surface area contributed by atoms with Crippen molar-refractivity contribution in [3.05, 3.63) is 70.4 Å². The Morgan fingerprint density at radius 3 is 2.77 bits per heavy atom. The maximum Gasteiger partial charge on any atom is 0.347 e. The number of rotatable bonds is 3. The van der Waals surface area contributed by atoms with Crippen LogP contribution in [0, 0.1) is 0 Å². The van der Waals surface area contributed by atoms with Gasteiger partial charge in [-0.25, -0.2) is 14.5 Å². The topological polar surface area (TPSA) is 69.1 Å². The molecule has 2 heterocycles. The van der Waals surface area contributed by atoms with Crippen LogP contribution in [0.3, 0.4) is 0 Å². The molecule has 0 fully saturated rings. The van der Waals surface area contributed by atoms with Gasteiger partial charge < -0.3 is 9.47 Å². The van der Waals surface area contributed by atoms with E-state index >= 15 is 0 Å². The van der Waals surface area contributed by atoms with Gasteiger partial charge in [0.15, 0.2) is 11.5 Å². The third-order valence-electron chi connectivity index (χ3n) is 3.56. The van der Waals surface area contributed by atoms with Crippen LogP contribution in [-0.2, 0) is 6.42 Å². The van der Waals surface area contributed by atoms with Gasteiger partial charge in [0, 0.05) is 6.42 Å². The molecule has 22 heavy (non-hydrogen) atoms. The molecule has 0 saturated heterocycles. The molecular weight excluding hydrogens is 282 g/mol. The number of ether oxygens (including phenoxy) is 2. The summed E-state index contributed by atoms with van der Waals surface area (Å²) in [6, 6.07) is 15.2. The first-order chi connectivity index (χ1) is 10.8. The number of para-hydroxylation sites is 1. The lowest BCUT2D eigenvalue weighted by atomic mass is 10.1. The first-order valence-electron chi connectivity index (χ1n) is 6.91. The zero-order chi connectivity index (χ0) is 14.9. The van der Waals surface area contributed by atoms with Crippen LogP contribution in [0.15, 0.2) is 53.3 Å². The first kappa shape index (κ1) is 12.7. The molecule has 0 atom stereocenters. The van der Waals surface area contributed by atoms with E-state index in [0.717, 1.165) is 22.7 Å². The predicted octanol–water partition coefficient (Wildman–Crippen LogP) is 1.88. The van der Waals surface area contributed by atoms with Gasteiger partial charge in [-0.2, -0.15) is 5.10 Å². The van der Waals surface area contributed by atoms with Gasteiger partial charge in [-0.05, 0) is 29.8 Å². The molecule has 0 radical (unpaired) electrons. The van der Waals surface area contributed by atoms with Gasteiger partial charge in [-0.3, -0.25) is 0 Å². The number of H-pyrrole nitrogens is 1. The molecule has 6 nitrogen and oxygen atoms in total. The summed E-state index contributed by atoms with van der Waals surface area (Å²) in [4.78, 5) is 12.0. The third kappa shape index (κ3) is 2.14. The number of benzene rings is 2. The molecule has 1 aliphatic rings. The summed E-state index contributed by atoms with van der Waals surface area (Å²) in [6.07, 6.45) is 0.518. The summed E-state index contributed by atoms with van der Waals surface area (Å²) in [5, 5.41) is 6.64. The summed E-state index contributed by atoms with van der Waals surface area (Å²) in [7, 11) is 0. The normalized spacial score (nSPS) is 12.5. The smallest absolute Gasteiger partial charge is 0.347 e. The van der Waals surface area contributed by atoms with Crippen LogP contribution in [0.1, 0.15) is 11.4 Å². The summed E-state index contributed by atoms with van der Waals surface area (Å²) in [5.41, 5.74) is 1.54. The lowest BCUT2D eigenvalue weighted by Gasteiger charge is -2.06. The van der Waals surface area contributed by atoms with Gasteiger partial charge in [0.05, 0.1) is 5.69 Å². The van der Waals surface area contributed by atoms with Crippen LogP contribution in [0.2, 0.25) is 0 Å². The molecule has 4 rings (SSSR count). The quantitative estimate of drug-likeness (QED) is 0.801. The number of nitrogens with one attached hydrogen (secondary N) is 1. The lowest BCUT2D eigenvalue weighted by Crippen LogP contribution is -2.17. The minimum absolute atomic E-state index is 0.246. The Bertz CT molecular complexity index is 868. The number of nitrogens with zero attached hydrogens (tertiary/aromatic N) is 2. The SMILES string of the molecule is O=c1[nH]nc(Cc2ccc3c(c2)OCO3)n1-c1ccccc1. The van der Waals surface area contributed by atoms with Crippen LogP contribution in [0.4, 0.5) is 0 Å². The van der Waals surface area contributed by atoms with E-state index in [0.29, 0.717) is 12.2 Å². The fraction of sp³-hybridized carbons (Fsp3) is 0.125. The highest BCUT2D eigenvalue weighted by Crippen LogP contribution is 2.32. The van der Waals surface area contributed by atoms with Crippen molar-refractivity contribution in [3.8, 4) is 17.2 Å². The van der Waals surface area contributed by atoms with Gasteiger partial charge in [0.25, 0.3) is 0 Å². The molecule has 0 aliphatic carbocycles. The molecule has 0 unspecified atom stereocenters. The van der Waals surface area contributed by atoms with Crippen LogP contribution >= 0.6 is 0 Å². The number of aromatic amines is 1. The molecule has 6 heteroatoms. The van der Waals surface area contributed by atoms with Crippen molar-refractivity contribution in [1.29, 1.82) is 0 Å². The summed E-state index contributed by atoms with van der Waals surface area (Å²) in [6.45, 7) is 0.246. The Balaban J connectivity index is 1.71. The number of hydrogen-bond donors (Lipinski definition) is 1. The molecule has 3 aromatic rings. The van der Waals surface area contributed by atoms with Crippen molar-refractivity contribution in [1.82, 2.24) is 14.8 Å². The average Bonchev–Trinajstić information content (AvgIpc) is 3.14. The van der Waals surface area contributed by atoms with E-state index in [2.05, 4.69) is 10.2 Å². The molecule has 1 N–H and O–H groups in total. The van der Waals surface area contributed by atoms with Gasteiger partial charge in [0.1, 0.15) is 5.82 Å². The molecular formula is C16H13N3O3. The Hall–Kier alpha value is -3.02. The minimum Gasteiger partial charge on any atom is -0.454 e. The van der Waals surface area contributed by atoms with Crippen molar-refractivity contribution in [2.75, 3.05) is 6.79 Å². The molecule has 2 aromatic carbocycles. The maximum atomic E-state index is 12.0. The molecule has 1 aromatic heterocycles. The van der Waals surface area contributed by atoms with Gasteiger partial charge in [0.2, 0.25) is 6.79 Å². The highest BCUT2D eigenvalue weighted by molar-refractivity contribution is 5.45. The van der Waals surface area contributed by atoms with Crippen molar-refractivity contribution in [2.24, 2.45) is 0 Å². The van der Waals surface area contributed by atoms with E-state index in [1.165, 1.54) is 0 Å². The van der Waals surface area contributed by atoms with Gasteiger partial charge in [-0.15, -0.1) is 0 Å². The van der Waals surface area contributed by atoms with E-state index in [1.807, 2.05) is 48.5 Å². The van der Waals surface area contributed by atoms with Gasteiger partial charge >= 0.3 is 5.69 Å². The lowest BCUT2D eigenvalue weighted by molar-refractivity contribution is 0.174. The highest BCUT2D eigenvalue weighted by Gasteiger charge is 2.15. The van der Waals surface area contributed by atoms with Crippen molar-refractivity contribution >= 4 is 0 Å². The van der Waals surface area contributed by atoms with E-state index in [9.17, 15) is 4.79 Å². The fourth-order valence-electron chi connectivity index (χ4n) is 2.52. The molecule has 0 spiro atoms. The summed E-state index contributed by atoms with van der Waals surface area (Å²) < 4.78 is 12.3. The Morgan fingerprint density at radius 2 is 1.91 bits per heavy atom. The average molecular weight is 295 g/mol.